The summed E-state index contributed by atoms with van der Waals surface area (Å²) in [7, 11) is 0. The van der Waals surface area contributed by atoms with Crippen molar-refractivity contribution in [1.82, 2.24) is 4.98 Å². The van der Waals surface area contributed by atoms with Gasteiger partial charge in [-0.2, -0.15) is 0 Å². The summed E-state index contributed by atoms with van der Waals surface area (Å²) in [6, 6.07) is 4.88. The molecule has 0 bridgehead atoms. The Kier molecular flexibility index (Phi) is 4.35. The Morgan fingerprint density at radius 1 is 1.58 bits per heavy atom. The minimum absolute atomic E-state index is 0.0748. The number of pyridine rings is 1. The number of hydrogen-bond acceptors (Lipinski definition) is 5. The predicted molar refractivity (Wildman–Crippen MR) is 101 cm³/mol. The summed E-state index contributed by atoms with van der Waals surface area (Å²) in [5, 5.41) is 5.56. The Morgan fingerprint density at radius 3 is 3.08 bits per heavy atom. The van der Waals surface area contributed by atoms with Gasteiger partial charge in [-0.1, -0.05) is 23.6 Å². The fourth-order valence-corrected chi connectivity index (χ4v) is 3.15. The Morgan fingerprint density at radius 2 is 2.42 bits per heavy atom. The van der Waals surface area contributed by atoms with Gasteiger partial charge in [0.05, 0.1) is 11.3 Å². The molecule has 3 aromatic heterocycles. The predicted octanol–water partition coefficient (Wildman–Crippen LogP) is 4.42. The van der Waals surface area contributed by atoms with Crippen LogP contribution in [0.1, 0.15) is 32.8 Å². The van der Waals surface area contributed by atoms with E-state index in [4.69, 9.17) is 24.5 Å². The molecule has 0 aromatic carbocycles. The Balaban J connectivity index is 2.16. The van der Waals surface area contributed by atoms with Gasteiger partial charge in [-0.05, 0) is 25.3 Å². The minimum atomic E-state index is -1.89. The average molecular weight is 362 g/mol. The van der Waals surface area contributed by atoms with Gasteiger partial charge in [-0.3, -0.25) is 0 Å². The van der Waals surface area contributed by atoms with E-state index in [1.807, 2.05) is 17.5 Å². The number of rotatable bonds is 5. The lowest BCUT2D eigenvalue weighted by Crippen LogP contribution is -2.17. The van der Waals surface area contributed by atoms with Crippen molar-refractivity contribution in [3.05, 3.63) is 44.9 Å². The maximum atomic E-state index is 8.31. The quantitative estimate of drug-likeness (QED) is 0.521. The molecule has 3 aromatic rings. The van der Waals surface area contributed by atoms with E-state index in [0.29, 0.717) is 28.9 Å². The number of furan rings is 1. The van der Waals surface area contributed by atoms with Gasteiger partial charge in [0.25, 0.3) is 0 Å². The Hall–Kier alpha value is -2.00. The van der Waals surface area contributed by atoms with Crippen molar-refractivity contribution in [1.29, 1.82) is 0 Å². The molecule has 0 saturated carbocycles. The summed E-state index contributed by atoms with van der Waals surface area (Å²) in [5.41, 5.74) is 7.71. The van der Waals surface area contributed by atoms with Gasteiger partial charge >= 0.3 is 0 Å². The first-order chi connectivity index (χ1) is 12.3. The third-order valence-electron chi connectivity index (χ3n) is 3.25. The molecule has 0 aliphatic heterocycles. The molecule has 0 unspecified atom stereocenters. The molecule has 0 aliphatic rings. The molecule has 0 radical (unpaired) electrons. The molecule has 24 heavy (non-hydrogen) atoms. The fraction of sp³-hybridized carbons (Fsp3) is 0.278. The molecule has 3 N–H and O–H groups in total. The largest absolute Gasteiger partial charge is 0.456 e. The molecular formula is C18H18ClN3OS. The molecule has 0 amide bonds. The van der Waals surface area contributed by atoms with E-state index in [0.717, 1.165) is 4.88 Å². The van der Waals surface area contributed by atoms with Crippen LogP contribution in [0.5, 0.6) is 0 Å². The Bertz CT molecular complexity index is 987. The number of nitrogens with one attached hydrogen (secondary N) is 1. The summed E-state index contributed by atoms with van der Waals surface area (Å²) >= 11 is 7.82. The van der Waals surface area contributed by atoms with Crippen molar-refractivity contribution in [2.24, 2.45) is 5.73 Å². The summed E-state index contributed by atoms with van der Waals surface area (Å²) in [6.45, 7) is 3.86. The lowest BCUT2D eigenvalue weighted by molar-refractivity contribution is 0.524. The van der Waals surface area contributed by atoms with E-state index >= 15 is 0 Å². The van der Waals surface area contributed by atoms with Crippen molar-refractivity contribution in [3.8, 4) is 11.8 Å². The number of thiophene rings is 1. The van der Waals surface area contributed by atoms with Crippen molar-refractivity contribution in [2.45, 2.75) is 32.8 Å². The van der Waals surface area contributed by atoms with E-state index < -0.39 is 12.4 Å². The number of nitrogens with two attached hydrogens (primary N) is 1. The normalized spacial score (nSPS) is 13.8. The van der Waals surface area contributed by atoms with Crippen LogP contribution < -0.4 is 11.1 Å². The second-order valence-corrected chi connectivity index (χ2v) is 6.64. The highest BCUT2D eigenvalue weighted by molar-refractivity contribution is 7.09. The van der Waals surface area contributed by atoms with Crippen LogP contribution >= 0.6 is 22.9 Å². The van der Waals surface area contributed by atoms with Crippen LogP contribution in [-0.4, -0.2) is 11.0 Å². The molecule has 3 rings (SSSR count). The molecular weight excluding hydrogens is 342 g/mol. The van der Waals surface area contributed by atoms with Crippen molar-refractivity contribution in [2.75, 3.05) is 5.32 Å². The highest BCUT2D eigenvalue weighted by Crippen LogP contribution is 2.33. The molecule has 0 fully saturated rings. The zero-order chi connectivity index (χ0) is 18.9. The molecule has 4 nitrogen and oxygen atoms in total. The van der Waals surface area contributed by atoms with Crippen LogP contribution in [0, 0.1) is 11.8 Å². The summed E-state index contributed by atoms with van der Waals surface area (Å²) in [6.07, 6.45) is -1.89. The minimum Gasteiger partial charge on any atom is -0.456 e. The maximum Gasteiger partial charge on any atom is 0.177 e. The van der Waals surface area contributed by atoms with Crippen molar-refractivity contribution < 1.29 is 7.16 Å². The van der Waals surface area contributed by atoms with Gasteiger partial charge in [-0.15, -0.1) is 17.3 Å². The number of aromatic nitrogens is 1. The number of hydrogen-bond donors (Lipinski definition) is 2. The monoisotopic (exact) mass is 361 g/mol. The number of fused-ring (bicyclic) bond motifs is 1. The smallest absolute Gasteiger partial charge is 0.177 e. The van der Waals surface area contributed by atoms with Crippen LogP contribution in [0.25, 0.3) is 11.1 Å². The number of halogens is 1. The molecule has 0 spiro atoms. The topological polar surface area (TPSA) is 64.1 Å². The standard InChI is InChI=1S/C18H18ClN3OS/c1-3-5-13-15(8-11(2)20)23-18-14(9-16(19)22-17(13)18)21-10-12-6-4-7-24-12/h4,6-7,9,11H,8,10,20H2,1-2H3,(H,21,22)/t11-/m0/s1/i8D2. The summed E-state index contributed by atoms with van der Waals surface area (Å²) in [5.74, 6) is 5.76. The second kappa shape index (κ2) is 7.27. The van der Waals surface area contributed by atoms with Crippen molar-refractivity contribution in [3.63, 3.8) is 0 Å². The van der Waals surface area contributed by atoms with Gasteiger partial charge < -0.3 is 15.5 Å². The molecule has 3 heterocycles. The van der Waals surface area contributed by atoms with Gasteiger partial charge in [0.15, 0.2) is 5.58 Å². The van der Waals surface area contributed by atoms with E-state index in [1.165, 1.54) is 0 Å². The maximum absolute atomic E-state index is 8.31. The Labute approximate surface area is 152 Å². The second-order valence-electron chi connectivity index (χ2n) is 5.22. The highest BCUT2D eigenvalue weighted by atomic mass is 35.5. The first-order valence-electron chi connectivity index (χ1n) is 8.42. The third kappa shape index (κ3) is 3.57. The van der Waals surface area contributed by atoms with Crippen molar-refractivity contribution >= 4 is 39.7 Å². The fourth-order valence-electron chi connectivity index (χ4n) is 2.31. The van der Waals surface area contributed by atoms with E-state index in [1.54, 1.807) is 31.3 Å². The van der Waals surface area contributed by atoms with Gasteiger partial charge in [0.2, 0.25) is 0 Å². The molecule has 1 atom stereocenters. The van der Waals surface area contributed by atoms with Crippen LogP contribution in [0.4, 0.5) is 5.69 Å². The van der Waals surface area contributed by atoms with Gasteiger partial charge in [-0.25, -0.2) is 4.98 Å². The van der Waals surface area contributed by atoms with Gasteiger partial charge in [0.1, 0.15) is 16.4 Å². The average Bonchev–Trinajstić information content (AvgIpc) is 3.21. The first-order valence-corrected chi connectivity index (χ1v) is 8.68. The molecule has 0 aliphatic carbocycles. The number of nitrogens with zero attached hydrogens (tertiary/aromatic N) is 1. The zero-order valence-corrected chi connectivity index (χ0v) is 14.9. The summed E-state index contributed by atoms with van der Waals surface area (Å²) in [4.78, 5) is 5.47. The summed E-state index contributed by atoms with van der Waals surface area (Å²) < 4.78 is 22.5. The third-order valence-corrected chi connectivity index (χ3v) is 4.32. The van der Waals surface area contributed by atoms with Crippen LogP contribution in [-0.2, 0) is 12.9 Å². The molecule has 124 valence electrons. The zero-order valence-electron chi connectivity index (χ0n) is 15.3. The van der Waals surface area contributed by atoms with Gasteiger partial charge in [0, 0.05) is 32.6 Å². The van der Waals surface area contributed by atoms with E-state index in [-0.39, 0.29) is 10.9 Å². The lowest BCUT2D eigenvalue weighted by atomic mass is 10.1. The highest BCUT2D eigenvalue weighted by Gasteiger charge is 2.19. The van der Waals surface area contributed by atoms with Crippen LogP contribution in [0.15, 0.2) is 28.0 Å². The molecule has 6 heteroatoms. The lowest BCUT2D eigenvalue weighted by Gasteiger charge is -2.06. The first kappa shape index (κ1) is 14.4. The molecule has 0 saturated heterocycles. The van der Waals surface area contributed by atoms with Crippen LogP contribution in [0.2, 0.25) is 5.15 Å². The van der Waals surface area contributed by atoms with E-state index in [2.05, 4.69) is 22.1 Å². The van der Waals surface area contributed by atoms with E-state index in [9.17, 15) is 0 Å². The SMILES string of the molecule is [2H]C([2H])(c1oc2c(NCc3cccs3)cc(Cl)nc2c1C#CC)[C@H](C)N. The van der Waals surface area contributed by atoms with Crippen LogP contribution in [0.3, 0.4) is 0 Å². The number of anilines is 1.